The van der Waals surface area contributed by atoms with E-state index in [0.29, 0.717) is 27.5 Å². The normalized spacial score (nSPS) is 11.2. The first kappa shape index (κ1) is 22.5. The number of carbonyl (C=O) groups is 2. The van der Waals surface area contributed by atoms with Gasteiger partial charge in [0.25, 0.3) is 11.8 Å². The summed E-state index contributed by atoms with van der Waals surface area (Å²) in [6.45, 7) is 5.72. The van der Waals surface area contributed by atoms with Crippen LogP contribution in [0.1, 0.15) is 44.3 Å². The van der Waals surface area contributed by atoms with Crippen LogP contribution in [0.4, 0.5) is 5.69 Å². The van der Waals surface area contributed by atoms with Crippen molar-refractivity contribution in [1.29, 1.82) is 0 Å². The van der Waals surface area contributed by atoms with Crippen molar-refractivity contribution >= 4 is 46.4 Å². The number of hydrogen-bond donors (Lipinski definition) is 2. The molecule has 3 aromatic rings. The quantitative estimate of drug-likeness (QED) is 0.366. The number of nitrogens with zero attached hydrogens (tertiary/aromatic N) is 1. The zero-order chi connectivity index (χ0) is 22.5. The van der Waals surface area contributed by atoms with Crippen LogP contribution in [-0.2, 0) is 0 Å². The van der Waals surface area contributed by atoms with Gasteiger partial charge in [-0.1, -0.05) is 41.4 Å². The van der Waals surface area contributed by atoms with E-state index in [4.69, 9.17) is 23.2 Å². The number of benzene rings is 3. The number of rotatable bonds is 5. The summed E-state index contributed by atoms with van der Waals surface area (Å²) in [5.41, 5.74) is 7.52. The van der Waals surface area contributed by atoms with E-state index < -0.39 is 0 Å². The molecule has 0 heterocycles. The van der Waals surface area contributed by atoms with E-state index in [1.807, 2.05) is 32.0 Å². The van der Waals surface area contributed by atoms with Crippen molar-refractivity contribution < 1.29 is 9.59 Å². The lowest BCUT2D eigenvalue weighted by molar-refractivity contribution is 0.0954. The Morgan fingerprint density at radius 2 is 1.61 bits per heavy atom. The van der Waals surface area contributed by atoms with Gasteiger partial charge in [-0.25, -0.2) is 5.43 Å². The Kier molecular flexibility index (Phi) is 7.10. The van der Waals surface area contributed by atoms with Crippen LogP contribution in [0.2, 0.25) is 10.0 Å². The fraction of sp³-hybridized carbons (Fsp3) is 0.125. The number of nitrogens with one attached hydrogen (secondary N) is 2. The summed E-state index contributed by atoms with van der Waals surface area (Å²) in [5, 5.41) is 7.73. The van der Waals surface area contributed by atoms with Crippen LogP contribution in [0.25, 0.3) is 0 Å². The third kappa shape index (κ3) is 5.72. The van der Waals surface area contributed by atoms with E-state index in [2.05, 4.69) is 15.8 Å². The number of halogens is 2. The first-order valence-corrected chi connectivity index (χ1v) is 10.3. The summed E-state index contributed by atoms with van der Waals surface area (Å²) < 4.78 is 0. The molecule has 0 bridgehead atoms. The van der Waals surface area contributed by atoms with Gasteiger partial charge in [0.1, 0.15) is 0 Å². The van der Waals surface area contributed by atoms with Crippen molar-refractivity contribution in [3.05, 3.63) is 98.5 Å². The van der Waals surface area contributed by atoms with Gasteiger partial charge in [0.2, 0.25) is 0 Å². The molecule has 0 aliphatic rings. The maximum absolute atomic E-state index is 12.5. The maximum atomic E-state index is 12.5. The van der Waals surface area contributed by atoms with Crippen LogP contribution in [0.3, 0.4) is 0 Å². The van der Waals surface area contributed by atoms with E-state index >= 15 is 0 Å². The van der Waals surface area contributed by atoms with Crippen LogP contribution in [-0.4, -0.2) is 17.5 Å². The van der Waals surface area contributed by atoms with Gasteiger partial charge >= 0.3 is 0 Å². The summed E-state index contributed by atoms with van der Waals surface area (Å²) in [6.07, 6.45) is 0. The minimum absolute atomic E-state index is 0.271. The van der Waals surface area contributed by atoms with E-state index in [-0.39, 0.29) is 16.8 Å². The van der Waals surface area contributed by atoms with Crippen LogP contribution in [0.5, 0.6) is 0 Å². The maximum Gasteiger partial charge on any atom is 0.271 e. The predicted molar refractivity (Wildman–Crippen MR) is 126 cm³/mol. The molecule has 0 unspecified atom stereocenters. The van der Waals surface area contributed by atoms with E-state index in [9.17, 15) is 9.59 Å². The minimum atomic E-state index is -0.351. The molecular formula is C24H21Cl2N3O2. The summed E-state index contributed by atoms with van der Waals surface area (Å²) in [5.74, 6) is -0.638. The second kappa shape index (κ2) is 9.77. The van der Waals surface area contributed by atoms with Gasteiger partial charge in [-0.2, -0.15) is 5.10 Å². The lowest BCUT2D eigenvalue weighted by Gasteiger charge is -2.09. The van der Waals surface area contributed by atoms with Gasteiger partial charge < -0.3 is 5.32 Å². The number of hydrogen-bond acceptors (Lipinski definition) is 3. The second-order valence-electron chi connectivity index (χ2n) is 7.10. The van der Waals surface area contributed by atoms with Crippen molar-refractivity contribution in [2.45, 2.75) is 20.8 Å². The third-order valence-corrected chi connectivity index (χ3v) is 5.36. The molecule has 2 N–H and O–H groups in total. The van der Waals surface area contributed by atoms with Gasteiger partial charge in [-0.3, -0.25) is 9.59 Å². The fourth-order valence-electron chi connectivity index (χ4n) is 2.84. The highest BCUT2D eigenvalue weighted by Gasteiger charge is 2.12. The number of anilines is 1. The second-order valence-corrected chi connectivity index (χ2v) is 7.94. The molecule has 31 heavy (non-hydrogen) atoms. The molecule has 0 saturated heterocycles. The monoisotopic (exact) mass is 453 g/mol. The zero-order valence-corrected chi connectivity index (χ0v) is 18.8. The number of amides is 2. The number of carbonyl (C=O) groups excluding carboxylic acids is 2. The number of aryl methyl sites for hydroxylation is 2. The molecule has 0 radical (unpaired) electrons. The Bertz CT molecular complexity index is 1190. The molecule has 0 aliphatic heterocycles. The molecule has 5 nitrogen and oxygen atoms in total. The topological polar surface area (TPSA) is 70.6 Å². The molecule has 3 rings (SSSR count). The highest BCUT2D eigenvalue weighted by Crippen LogP contribution is 2.22. The van der Waals surface area contributed by atoms with Gasteiger partial charge in [0.05, 0.1) is 16.3 Å². The lowest BCUT2D eigenvalue weighted by atomic mass is 10.1. The van der Waals surface area contributed by atoms with Crippen molar-refractivity contribution in [3.63, 3.8) is 0 Å². The van der Waals surface area contributed by atoms with Crippen LogP contribution >= 0.6 is 23.2 Å². The standard InChI is InChI=1S/C24H21Cl2N3O2/c1-14-7-8-18(11-15(14)2)23(30)29-28-16(3)17-5-4-6-20(12-17)27-24(31)21-10-9-19(25)13-22(21)26/h4-13H,1-3H3,(H,27,31)(H,29,30)/b28-16-. The van der Waals surface area contributed by atoms with Crippen LogP contribution in [0, 0.1) is 13.8 Å². The molecule has 158 valence electrons. The highest BCUT2D eigenvalue weighted by molar-refractivity contribution is 6.37. The Morgan fingerprint density at radius 1 is 0.839 bits per heavy atom. The highest BCUT2D eigenvalue weighted by atomic mass is 35.5. The molecule has 0 aliphatic carbocycles. The Morgan fingerprint density at radius 3 is 2.32 bits per heavy atom. The van der Waals surface area contributed by atoms with E-state index in [1.165, 1.54) is 6.07 Å². The average Bonchev–Trinajstić information content (AvgIpc) is 2.73. The van der Waals surface area contributed by atoms with Gasteiger partial charge in [0.15, 0.2) is 0 Å². The van der Waals surface area contributed by atoms with Gasteiger partial charge in [-0.05, 0) is 79.9 Å². The SMILES string of the molecule is C/C(=N/NC(=O)c1ccc(C)c(C)c1)c1cccc(NC(=O)c2ccc(Cl)cc2Cl)c1. The third-order valence-electron chi connectivity index (χ3n) is 4.81. The lowest BCUT2D eigenvalue weighted by Crippen LogP contribution is -2.19. The van der Waals surface area contributed by atoms with Crippen molar-refractivity contribution in [3.8, 4) is 0 Å². The summed E-state index contributed by atoms with van der Waals surface area (Å²) in [7, 11) is 0. The predicted octanol–water partition coefficient (Wildman–Crippen LogP) is 6.02. The Balaban J connectivity index is 1.71. The molecule has 0 fully saturated rings. The molecule has 2 amide bonds. The first-order valence-electron chi connectivity index (χ1n) is 9.53. The average molecular weight is 454 g/mol. The minimum Gasteiger partial charge on any atom is -0.322 e. The summed E-state index contributed by atoms with van der Waals surface area (Å²) in [4.78, 5) is 24.9. The van der Waals surface area contributed by atoms with Crippen molar-refractivity contribution in [2.75, 3.05) is 5.32 Å². The number of hydrazone groups is 1. The van der Waals surface area contributed by atoms with Crippen LogP contribution < -0.4 is 10.7 Å². The molecule has 0 saturated carbocycles. The summed E-state index contributed by atoms with van der Waals surface area (Å²) in [6, 6.07) is 17.3. The van der Waals surface area contributed by atoms with Gasteiger partial charge in [-0.15, -0.1) is 0 Å². The molecule has 0 aromatic heterocycles. The Hall–Kier alpha value is -3.15. The smallest absolute Gasteiger partial charge is 0.271 e. The van der Waals surface area contributed by atoms with E-state index in [1.54, 1.807) is 43.3 Å². The van der Waals surface area contributed by atoms with E-state index in [0.717, 1.165) is 16.7 Å². The molecule has 3 aromatic carbocycles. The molecular weight excluding hydrogens is 433 g/mol. The molecule has 7 heteroatoms. The summed E-state index contributed by atoms with van der Waals surface area (Å²) >= 11 is 12.0. The van der Waals surface area contributed by atoms with Crippen molar-refractivity contribution in [2.24, 2.45) is 5.10 Å². The Labute approximate surface area is 191 Å². The first-order chi connectivity index (χ1) is 14.7. The van der Waals surface area contributed by atoms with Crippen molar-refractivity contribution in [1.82, 2.24) is 5.43 Å². The van der Waals surface area contributed by atoms with Crippen LogP contribution in [0.15, 0.2) is 65.8 Å². The molecule has 0 atom stereocenters. The molecule has 0 spiro atoms. The largest absolute Gasteiger partial charge is 0.322 e. The fourth-order valence-corrected chi connectivity index (χ4v) is 3.33. The van der Waals surface area contributed by atoms with Gasteiger partial charge in [0, 0.05) is 16.3 Å². The zero-order valence-electron chi connectivity index (χ0n) is 17.3.